The zero-order valence-corrected chi connectivity index (χ0v) is 12.3. The monoisotopic (exact) mass is 305 g/mol. The number of nitrogens with one attached hydrogen (secondary N) is 2. The number of benzene rings is 1. The average Bonchev–Trinajstić information content (AvgIpc) is 3.04. The summed E-state index contributed by atoms with van der Waals surface area (Å²) >= 11 is 1.51. The maximum atomic E-state index is 11.8. The van der Waals surface area contributed by atoms with E-state index in [1.165, 1.54) is 18.4 Å². The first-order chi connectivity index (χ1) is 10.2. The fourth-order valence-electron chi connectivity index (χ4n) is 1.52. The van der Waals surface area contributed by atoms with E-state index in [1.54, 1.807) is 29.8 Å². The molecule has 1 aromatic heterocycles. The zero-order chi connectivity index (χ0) is 15.1. The molecule has 0 saturated heterocycles. The van der Waals surface area contributed by atoms with Crippen molar-refractivity contribution >= 4 is 23.2 Å². The SMILES string of the molecule is CNC(=O)CNC(=O)c1ccc(OCc2cscn2)cc1. The van der Waals surface area contributed by atoms with Crippen LogP contribution in [0.25, 0.3) is 0 Å². The lowest BCUT2D eigenvalue weighted by Gasteiger charge is -2.06. The van der Waals surface area contributed by atoms with Crippen LogP contribution in [0.4, 0.5) is 0 Å². The van der Waals surface area contributed by atoms with Crippen molar-refractivity contribution in [1.82, 2.24) is 15.6 Å². The fourth-order valence-corrected chi connectivity index (χ4v) is 2.06. The predicted octanol–water partition coefficient (Wildman–Crippen LogP) is 1.20. The number of hydrogen-bond donors (Lipinski definition) is 2. The average molecular weight is 305 g/mol. The van der Waals surface area contributed by atoms with Crippen LogP contribution in [0.1, 0.15) is 16.1 Å². The molecule has 7 heteroatoms. The van der Waals surface area contributed by atoms with E-state index in [1.807, 2.05) is 5.38 Å². The van der Waals surface area contributed by atoms with Crippen molar-refractivity contribution in [3.63, 3.8) is 0 Å². The van der Waals surface area contributed by atoms with E-state index in [-0.39, 0.29) is 18.4 Å². The highest BCUT2D eigenvalue weighted by molar-refractivity contribution is 7.07. The van der Waals surface area contributed by atoms with Gasteiger partial charge in [-0.25, -0.2) is 4.98 Å². The van der Waals surface area contributed by atoms with Gasteiger partial charge in [0.1, 0.15) is 12.4 Å². The summed E-state index contributed by atoms with van der Waals surface area (Å²) in [5, 5.41) is 6.87. The molecule has 1 heterocycles. The first kappa shape index (κ1) is 15.0. The first-order valence-electron chi connectivity index (χ1n) is 6.27. The van der Waals surface area contributed by atoms with E-state index in [9.17, 15) is 9.59 Å². The summed E-state index contributed by atoms with van der Waals surface area (Å²) in [5.41, 5.74) is 3.09. The number of nitrogens with zero attached hydrogens (tertiary/aromatic N) is 1. The smallest absolute Gasteiger partial charge is 0.251 e. The number of thiazole rings is 1. The molecule has 0 saturated carbocycles. The summed E-state index contributed by atoms with van der Waals surface area (Å²) in [6, 6.07) is 6.72. The molecule has 0 bridgehead atoms. The molecule has 0 spiro atoms. The van der Waals surface area contributed by atoms with Gasteiger partial charge < -0.3 is 15.4 Å². The fraction of sp³-hybridized carbons (Fsp3) is 0.214. The van der Waals surface area contributed by atoms with Gasteiger partial charge in [0.2, 0.25) is 5.91 Å². The molecule has 2 N–H and O–H groups in total. The molecule has 1 aromatic carbocycles. The van der Waals surface area contributed by atoms with Crippen LogP contribution in [0.2, 0.25) is 0 Å². The summed E-state index contributed by atoms with van der Waals surface area (Å²) < 4.78 is 5.55. The van der Waals surface area contributed by atoms with Gasteiger partial charge in [-0.2, -0.15) is 0 Å². The normalized spacial score (nSPS) is 9.95. The Labute approximate surface area is 126 Å². The zero-order valence-electron chi connectivity index (χ0n) is 11.5. The summed E-state index contributed by atoms with van der Waals surface area (Å²) in [7, 11) is 1.52. The van der Waals surface area contributed by atoms with E-state index in [0.717, 1.165) is 5.69 Å². The Kier molecular flexibility index (Phi) is 5.28. The summed E-state index contributed by atoms with van der Waals surface area (Å²) in [5.74, 6) is 0.113. The number of ether oxygens (including phenoxy) is 1. The molecule has 0 fully saturated rings. The van der Waals surface area contributed by atoms with Gasteiger partial charge in [-0.1, -0.05) is 0 Å². The molecule has 2 amide bonds. The molecular weight excluding hydrogens is 290 g/mol. The highest BCUT2D eigenvalue weighted by Crippen LogP contribution is 2.14. The third-order valence-corrected chi connectivity index (χ3v) is 3.31. The topological polar surface area (TPSA) is 80.3 Å². The molecule has 0 unspecified atom stereocenters. The van der Waals surface area contributed by atoms with Gasteiger partial charge in [-0.15, -0.1) is 11.3 Å². The Morgan fingerprint density at radius 2 is 2.05 bits per heavy atom. The largest absolute Gasteiger partial charge is 0.487 e. The second-order valence-electron chi connectivity index (χ2n) is 4.15. The Hall–Kier alpha value is -2.41. The molecule has 21 heavy (non-hydrogen) atoms. The van der Waals surface area contributed by atoms with E-state index in [4.69, 9.17) is 4.74 Å². The second kappa shape index (κ2) is 7.39. The third-order valence-electron chi connectivity index (χ3n) is 2.68. The maximum absolute atomic E-state index is 11.8. The van der Waals surface area contributed by atoms with Crippen LogP contribution in [0.5, 0.6) is 5.75 Å². The molecule has 2 rings (SSSR count). The van der Waals surface area contributed by atoms with Crippen molar-refractivity contribution < 1.29 is 14.3 Å². The van der Waals surface area contributed by atoms with Crippen molar-refractivity contribution in [2.75, 3.05) is 13.6 Å². The minimum atomic E-state index is -0.301. The van der Waals surface area contributed by atoms with Crippen LogP contribution in [0, 0.1) is 0 Å². The molecule has 6 nitrogen and oxygen atoms in total. The minimum Gasteiger partial charge on any atom is -0.487 e. The Morgan fingerprint density at radius 3 is 2.67 bits per heavy atom. The molecular formula is C14H15N3O3S. The minimum absolute atomic E-state index is 0.0442. The summed E-state index contributed by atoms with van der Waals surface area (Å²) in [6.45, 7) is 0.350. The number of rotatable bonds is 6. The van der Waals surface area contributed by atoms with E-state index in [0.29, 0.717) is 17.9 Å². The molecule has 0 aliphatic rings. The lowest BCUT2D eigenvalue weighted by atomic mass is 10.2. The lowest BCUT2D eigenvalue weighted by molar-refractivity contribution is -0.119. The maximum Gasteiger partial charge on any atom is 0.251 e. The Balaban J connectivity index is 1.86. The Bertz CT molecular complexity index is 596. The van der Waals surface area contributed by atoms with Crippen LogP contribution < -0.4 is 15.4 Å². The Morgan fingerprint density at radius 1 is 1.29 bits per heavy atom. The predicted molar refractivity (Wildman–Crippen MR) is 79.3 cm³/mol. The highest BCUT2D eigenvalue weighted by Gasteiger charge is 2.07. The summed E-state index contributed by atoms with van der Waals surface area (Å²) in [6.07, 6.45) is 0. The number of carbonyl (C=O) groups excluding carboxylic acids is 2. The quantitative estimate of drug-likeness (QED) is 0.840. The van der Waals surface area contributed by atoms with Crippen LogP contribution in [-0.4, -0.2) is 30.4 Å². The van der Waals surface area contributed by atoms with E-state index in [2.05, 4.69) is 15.6 Å². The van der Waals surface area contributed by atoms with Crippen molar-refractivity contribution in [2.24, 2.45) is 0 Å². The van der Waals surface area contributed by atoms with Gasteiger partial charge in [0, 0.05) is 18.0 Å². The standard InChI is InChI=1S/C14H15N3O3S/c1-15-13(18)6-16-14(19)10-2-4-12(5-3-10)20-7-11-8-21-9-17-11/h2-5,8-9H,6-7H2,1H3,(H,15,18)(H,16,19). The number of hydrogen-bond acceptors (Lipinski definition) is 5. The van der Waals surface area contributed by atoms with Crippen LogP contribution >= 0.6 is 11.3 Å². The molecule has 0 atom stereocenters. The number of carbonyl (C=O) groups is 2. The van der Waals surface area contributed by atoms with Crippen molar-refractivity contribution in [3.8, 4) is 5.75 Å². The van der Waals surface area contributed by atoms with Gasteiger partial charge in [-0.05, 0) is 24.3 Å². The van der Waals surface area contributed by atoms with Gasteiger partial charge in [0.15, 0.2) is 0 Å². The second-order valence-corrected chi connectivity index (χ2v) is 4.87. The van der Waals surface area contributed by atoms with Gasteiger partial charge in [0.25, 0.3) is 5.91 Å². The van der Waals surface area contributed by atoms with Crippen LogP contribution in [-0.2, 0) is 11.4 Å². The van der Waals surface area contributed by atoms with Gasteiger partial charge in [0.05, 0.1) is 17.7 Å². The van der Waals surface area contributed by atoms with Crippen molar-refractivity contribution in [3.05, 3.63) is 46.4 Å². The molecule has 0 aliphatic carbocycles. The summed E-state index contributed by atoms with van der Waals surface area (Å²) in [4.78, 5) is 26.9. The number of amides is 2. The molecule has 0 radical (unpaired) electrons. The molecule has 110 valence electrons. The first-order valence-corrected chi connectivity index (χ1v) is 7.22. The molecule has 0 aliphatic heterocycles. The third kappa shape index (κ3) is 4.57. The molecule has 2 aromatic rings. The van der Waals surface area contributed by atoms with E-state index < -0.39 is 0 Å². The van der Waals surface area contributed by atoms with Crippen LogP contribution in [0.3, 0.4) is 0 Å². The van der Waals surface area contributed by atoms with Crippen LogP contribution in [0.15, 0.2) is 35.2 Å². The van der Waals surface area contributed by atoms with E-state index >= 15 is 0 Å². The highest BCUT2D eigenvalue weighted by atomic mass is 32.1. The lowest BCUT2D eigenvalue weighted by Crippen LogP contribution is -2.35. The number of likely N-dealkylation sites (N-methyl/N-ethyl adjacent to an activating group) is 1. The van der Waals surface area contributed by atoms with Crippen molar-refractivity contribution in [1.29, 1.82) is 0 Å². The van der Waals surface area contributed by atoms with Crippen molar-refractivity contribution in [2.45, 2.75) is 6.61 Å². The van der Waals surface area contributed by atoms with Gasteiger partial charge >= 0.3 is 0 Å². The number of aromatic nitrogens is 1. The van der Waals surface area contributed by atoms with Gasteiger partial charge in [-0.3, -0.25) is 9.59 Å².